The molecule has 6 heteroatoms. The minimum Gasteiger partial charge on any atom is -0.391 e. The number of nitrogens with zero attached hydrogens (tertiary/aromatic N) is 2. The van der Waals surface area contributed by atoms with E-state index in [0.29, 0.717) is 17.5 Å². The molecule has 0 amide bonds. The highest BCUT2D eigenvalue weighted by atomic mass is 35.5. The Morgan fingerprint density at radius 1 is 1.20 bits per heavy atom. The fourth-order valence-electron chi connectivity index (χ4n) is 2.39. The van der Waals surface area contributed by atoms with E-state index in [-0.39, 0.29) is 0 Å². The minimum atomic E-state index is 0.324. The molecule has 0 aliphatic heterocycles. The van der Waals surface area contributed by atoms with Crippen molar-refractivity contribution in [1.29, 1.82) is 0 Å². The number of hydroxylamine groups is 1. The quantitative estimate of drug-likeness (QED) is 0.479. The lowest BCUT2D eigenvalue weighted by molar-refractivity contribution is 0.129. The van der Waals surface area contributed by atoms with Crippen molar-refractivity contribution in [3.63, 3.8) is 0 Å². The molecule has 0 saturated heterocycles. The number of hydrogen-bond donors (Lipinski definition) is 1. The molecule has 1 N–H and O–H groups in total. The van der Waals surface area contributed by atoms with Crippen LogP contribution in [0, 0.1) is 6.92 Å². The van der Waals surface area contributed by atoms with Gasteiger partial charge in [-0.05, 0) is 31.5 Å². The van der Waals surface area contributed by atoms with Crippen molar-refractivity contribution in [2.45, 2.75) is 20.5 Å². The molecule has 0 fully saturated rings. The van der Waals surface area contributed by atoms with Gasteiger partial charge in [0.2, 0.25) is 0 Å². The number of nitrogens with one attached hydrogen (secondary N) is 1. The van der Waals surface area contributed by atoms with E-state index in [2.05, 4.69) is 15.6 Å². The number of rotatable bonds is 6. The van der Waals surface area contributed by atoms with Gasteiger partial charge >= 0.3 is 0 Å². The van der Waals surface area contributed by atoms with E-state index in [9.17, 15) is 0 Å². The van der Waals surface area contributed by atoms with Gasteiger partial charge in [0.25, 0.3) is 0 Å². The number of hydrogen-bond acceptors (Lipinski definition) is 4. The summed E-state index contributed by atoms with van der Waals surface area (Å²) >= 11 is 6.01. The zero-order chi connectivity index (χ0) is 18.2. The predicted molar refractivity (Wildman–Crippen MR) is 102 cm³/mol. The number of oxime groups is 1. The standard InChI is InChI=1S/C19H22ClN3O2/c1-13-7-5-10-17(19(21-3)23-24-4)18(13)12-25-22-14(2)15-8-6-9-16(20)11-15/h5-11H,12H2,1-4H3,(H,21,23)/b22-14+. The van der Waals surface area contributed by atoms with Crippen LogP contribution in [0.25, 0.3) is 0 Å². The molecule has 2 rings (SSSR count). The normalized spacial score (nSPS) is 12.2. The van der Waals surface area contributed by atoms with E-state index in [1.54, 1.807) is 14.2 Å². The summed E-state index contributed by atoms with van der Waals surface area (Å²) in [5.74, 6) is 0.639. The van der Waals surface area contributed by atoms with E-state index >= 15 is 0 Å². The highest BCUT2D eigenvalue weighted by molar-refractivity contribution is 6.31. The summed E-state index contributed by atoms with van der Waals surface area (Å²) in [6.45, 7) is 4.23. The van der Waals surface area contributed by atoms with E-state index < -0.39 is 0 Å². The highest BCUT2D eigenvalue weighted by Crippen LogP contribution is 2.17. The fraction of sp³-hybridized carbons (Fsp3) is 0.263. The van der Waals surface area contributed by atoms with Crippen LogP contribution in [0.4, 0.5) is 0 Å². The third kappa shape index (κ3) is 5.05. The van der Waals surface area contributed by atoms with Crippen molar-refractivity contribution in [1.82, 2.24) is 5.48 Å². The second-order valence-electron chi connectivity index (χ2n) is 5.44. The Morgan fingerprint density at radius 2 is 1.96 bits per heavy atom. The molecule has 0 saturated carbocycles. The van der Waals surface area contributed by atoms with Crippen molar-refractivity contribution in [3.05, 3.63) is 69.7 Å². The average molecular weight is 360 g/mol. The highest BCUT2D eigenvalue weighted by Gasteiger charge is 2.12. The number of aliphatic imine (C=N–C) groups is 1. The summed E-state index contributed by atoms with van der Waals surface area (Å²) in [6, 6.07) is 13.5. The van der Waals surface area contributed by atoms with Crippen molar-refractivity contribution in [2.24, 2.45) is 10.1 Å². The predicted octanol–water partition coefficient (Wildman–Crippen LogP) is 4.12. The zero-order valence-electron chi connectivity index (χ0n) is 14.8. The third-order valence-electron chi connectivity index (χ3n) is 3.74. The summed E-state index contributed by atoms with van der Waals surface area (Å²) in [5, 5.41) is 4.88. The summed E-state index contributed by atoms with van der Waals surface area (Å²) in [5.41, 5.74) is 7.48. The maximum atomic E-state index is 6.01. The largest absolute Gasteiger partial charge is 0.391 e. The van der Waals surface area contributed by atoms with Gasteiger partial charge < -0.3 is 4.84 Å². The topological polar surface area (TPSA) is 55.2 Å². The van der Waals surface area contributed by atoms with Gasteiger partial charge in [-0.1, -0.05) is 47.1 Å². The second-order valence-corrected chi connectivity index (χ2v) is 5.88. The van der Waals surface area contributed by atoms with Crippen LogP contribution in [0.5, 0.6) is 0 Å². The molecular weight excluding hydrogens is 338 g/mol. The van der Waals surface area contributed by atoms with Gasteiger partial charge in [0, 0.05) is 28.8 Å². The summed E-state index contributed by atoms with van der Waals surface area (Å²) in [7, 11) is 3.26. The van der Waals surface area contributed by atoms with Gasteiger partial charge in [-0.15, -0.1) is 0 Å². The Balaban J connectivity index is 2.19. The van der Waals surface area contributed by atoms with Gasteiger partial charge in [0.1, 0.15) is 6.61 Å². The monoisotopic (exact) mass is 359 g/mol. The molecule has 2 aromatic carbocycles. The van der Waals surface area contributed by atoms with E-state index in [1.165, 1.54) is 0 Å². The molecule has 25 heavy (non-hydrogen) atoms. The lowest BCUT2D eigenvalue weighted by Crippen LogP contribution is -2.24. The van der Waals surface area contributed by atoms with E-state index in [0.717, 1.165) is 28.0 Å². The summed E-state index contributed by atoms with van der Waals surface area (Å²) in [6.07, 6.45) is 0. The molecule has 2 aromatic rings. The number of benzene rings is 2. The molecule has 0 radical (unpaired) electrons. The Labute approximate surface area is 153 Å². The lowest BCUT2D eigenvalue weighted by atomic mass is 10.0. The first-order valence-electron chi connectivity index (χ1n) is 7.84. The average Bonchev–Trinajstić information content (AvgIpc) is 2.61. The zero-order valence-corrected chi connectivity index (χ0v) is 15.6. The molecule has 0 heterocycles. The van der Waals surface area contributed by atoms with Gasteiger partial charge in [-0.25, -0.2) is 5.48 Å². The first-order chi connectivity index (χ1) is 12.1. The molecule has 132 valence electrons. The lowest BCUT2D eigenvalue weighted by Gasteiger charge is -2.14. The first kappa shape index (κ1) is 19.0. The number of aryl methyl sites for hydroxylation is 1. The maximum absolute atomic E-state index is 6.01. The Hall–Kier alpha value is -2.37. The van der Waals surface area contributed by atoms with Crippen LogP contribution in [0.15, 0.2) is 52.6 Å². The second kappa shape index (κ2) is 9.20. The smallest absolute Gasteiger partial charge is 0.152 e. The molecule has 0 unspecified atom stereocenters. The van der Waals surface area contributed by atoms with Crippen LogP contribution < -0.4 is 5.48 Å². The van der Waals surface area contributed by atoms with Crippen molar-refractivity contribution in [3.8, 4) is 0 Å². The van der Waals surface area contributed by atoms with Crippen molar-refractivity contribution < 1.29 is 9.68 Å². The van der Waals surface area contributed by atoms with Gasteiger partial charge in [0.05, 0.1) is 12.8 Å². The summed E-state index contributed by atoms with van der Waals surface area (Å²) < 4.78 is 0. The van der Waals surface area contributed by atoms with E-state index in [4.69, 9.17) is 21.3 Å². The molecule has 0 atom stereocenters. The molecule has 0 aliphatic carbocycles. The molecule has 0 spiro atoms. The number of amidine groups is 1. The molecule has 0 bridgehead atoms. The van der Waals surface area contributed by atoms with Gasteiger partial charge in [0.15, 0.2) is 5.84 Å². The molecule has 5 nitrogen and oxygen atoms in total. The molecule has 0 aromatic heterocycles. The van der Waals surface area contributed by atoms with Crippen molar-refractivity contribution >= 4 is 23.1 Å². The Bertz CT molecular complexity index is 788. The van der Waals surface area contributed by atoms with Crippen LogP contribution >= 0.6 is 11.6 Å². The Morgan fingerprint density at radius 3 is 2.64 bits per heavy atom. The molecular formula is C19H22ClN3O2. The van der Waals surface area contributed by atoms with E-state index in [1.807, 2.05) is 56.3 Å². The third-order valence-corrected chi connectivity index (χ3v) is 3.98. The minimum absolute atomic E-state index is 0.324. The molecule has 0 aliphatic rings. The summed E-state index contributed by atoms with van der Waals surface area (Å²) in [4.78, 5) is 14.8. The van der Waals surface area contributed by atoms with Gasteiger partial charge in [-0.2, -0.15) is 0 Å². The van der Waals surface area contributed by atoms with Crippen LogP contribution in [0.3, 0.4) is 0 Å². The SMILES string of the molecule is CN=C(NOC)c1cccc(C)c1CO/N=C(\C)c1cccc(Cl)c1. The van der Waals surface area contributed by atoms with Crippen LogP contribution in [-0.2, 0) is 16.3 Å². The maximum Gasteiger partial charge on any atom is 0.152 e. The van der Waals surface area contributed by atoms with Gasteiger partial charge in [-0.3, -0.25) is 9.83 Å². The Kier molecular flexibility index (Phi) is 6.98. The van der Waals surface area contributed by atoms with Crippen LogP contribution in [0.1, 0.15) is 29.2 Å². The van der Waals surface area contributed by atoms with Crippen LogP contribution in [-0.4, -0.2) is 25.7 Å². The first-order valence-corrected chi connectivity index (χ1v) is 8.21. The fourth-order valence-corrected chi connectivity index (χ4v) is 2.58. The van der Waals surface area contributed by atoms with Crippen LogP contribution in [0.2, 0.25) is 5.02 Å². The van der Waals surface area contributed by atoms with Crippen molar-refractivity contribution in [2.75, 3.05) is 14.2 Å². The number of halogens is 1.